The first-order valence-corrected chi connectivity index (χ1v) is 8.38. The molecule has 132 valence electrons. The maximum atomic E-state index is 12.4. The number of aromatic nitrogens is 3. The summed E-state index contributed by atoms with van der Waals surface area (Å²) in [6, 6.07) is 11.4. The summed E-state index contributed by atoms with van der Waals surface area (Å²) in [6.07, 6.45) is 3.39. The Morgan fingerprint density at radius 1 is 0.962 bits per heavy atom. The number of nitrogens with one attached hydrogen (secondary N) is 2. The lowest BCUT2D eigenvalue weighted by Crippen LogP contribution is -2.24. The van der Waals surface area contributed by atoms with Crippen LogP contribution < -0.4 is 10.6 Å². The lowest BCUT2D eigenvalue weighted by Gasteiger charge is -2.10. The van der Waals surface area contributed by atoms with Gasteiger partial charge < -0.3 is 10.6 Å². The molecule has 1 amide bonds. The molecule has 2 aromatic heterocycles. The van der Waals surface area contributed by atoms with Gasteiger partial charge in [-0.05, 0) is 67.8 Å². The Morgan fingerprint density at radius 2 is 1.73 bits per heavy atom. The van der Waals surface area contributed by atoms with Gasteiger partial charge >= 0.3 is 0 Å². The number of benzene rings is 1. The van der Waals surface area contributed by atoms with Crippen LogP contribution in [0, 0.1) is 20.8 Å². The van der Waals surface area contributed by atoms with Gasteiger partial charge in [-0.15, -0.1) is 0 Å². The van der Waals surface area contributed by atoms with Crippen molar-refractivity contribution in [2.75, 3.05) is 5.32 Å². The van der Waals surface area contributed by atoms with Crippen molar-refractivity contribution in [3.63, 3.8) is 0 Å². The molecule has 0 bridgehead atoms. The summed E-state index contributed by atoms with van der Waals surface area (Å²) in [4.78, 5) is 25.1. The average molecular weight is 347 g/mol. The zero-order valence-electron chi connectivity index (χ0n) is 15.1. The van der Waals surface area contributed by atoms with Crippen LogP contribution in [0.1, 0.15) is 32.9 Å². The Labute approximate surface area is 152 Å². The first-order valence-electron chi connectivity index (χ1n) is 8.38. The molecule has 0 radical (unpaired) electrons. The van der Waals surface area contributed by atoms with Crippen molar-refractivity contribution >= 4 is 17.5 Å². The molecule has 2 heterocycles. The summed E-state index contributed by atoms with van der Waals surface area (Å²) in [5, 5.41) is 6.04. The topological polar surface area (TPSA) is 79.8 Å². The van der Waals surface area contributed by atoms with Gasteiger partial charge in [0.2, 0.25) is 5.95 Å². The minimum Gasteiger partial charge on any atom is -0.347 e. The van der Waals surface area contributed by atoms with Crippen LogP contribution in [-0.4, -0.2) is 20.9 Å². The molecule has 6 nitrogen and oxygen atoms in total. The molecule has 0 aliphatic heterocycles. The Bertz CT molecular complexity index is 925. The minimum absolute atomic E-state index is 0.240. The smallest absolute Gasteiger partial charge is 0.270 e. The van der Waals surface area contributed by atoms with Crippen molar-refractivity contribution in [2.45, 2.75) is 27.3 Å². The summed E-state index contributed by atoms with van der Waals surface area (Å²) in [5.41, 5.74) is 5.32. The van der Waals surface area contributed by atoms with Crippen LogP contribution in [0.15, 0.2) is 48.8 Å². The van der Waals surface area contributed by atoms with E-state index in [4.69, 9.17) is 0 Å². The predicted molar refractivity (Wildman–Crippen MR) is 101 cm³/mol. The van der Waals surface area contributed by atoms with Crippen LogP contribution >= 0.6 is 0 Å². The van der Waals surface area contributed by atoms with Gasteiger partial charge in [0.25, 0.3) is 5.91 Å². The molecule has 0 atom stereocenters. The second kappa shape index (κ2) is 7.74. The van der Waals surface area contributed by atoms with E-state index in [-0.39, 0.29) is 5.91 Å². The zero-order chi connectivity index (χ0) is 18.5. The molecule has 0 spiro atoms. The quantitative estimate of drug-likeness (QED) is 0.739. The number of hydrogen-bond acceptors (Lipinski definition) is 5. The number of amides is 1. The number of carbonyl (C=O) groups excluding carboxylic acids is 1. The van der Waals surface area contributed by atoms with Gasteiger partial charge in [-0.1, -0.05) is 6.07 Å². The molecular formula is C20H21N5O. The van der Waals surface area contributed by atoms with Crippen LogP contribution in [-0.2, 0) is 6.54 Å². The van der Waals surface area contributed by atoms with Gasteiger partial charge in [0, 0.05) is 30.3 Å². The fourth-order valence-corrected chi connectivity index (χ4v) is 2.46. The number of pyridine rings is 1. The third kappa shape index (κ3) is 4.42. The number of hydrogen-bond donors (Lipinski definition) is 2. The normalized spacial score (nSPS) is 10.4. The fraction of sp³-hybridized carbons (Fsp3) is 0.200. The molecule has 0 fully saturated rings. The first-order chi connectivity index (χ1) is 12.5. The Kier molecular flexibility index (Phi) is 5.22. The van der Waals surface area contributed by atoms with Gasteiger partial charge in [0.05, 0.1) is 0 Å². The highest BCUT2D eigenvalue weighted by Crippen LogP contribution is 2.18. The van der Waals surface area contributed by atoms with Crippen molar-refractivity contribution in [2.24, 2.45) is 0 Å². The van der Waals surface area contributed by atoms with E-state index in [2.05, 4.69) is 39.4 Å². The van der Waals surface area contributed by atoms with Crippen LogP contribution in [0.4, 0.5) is 11.6 Å². The summed E-state index contributed by atoms with van der Waals surface area (Å²) < 4.78 is 0. The lowest BCUT2D eigenvalue weighted by molar-refractivity contribution is 0.0945. The maximum absolute atomic E-state index is 12.4. The monoisotopic (exact) mass is 347 g/mol. The van der Waals surface area contributed by atoms with Crippen LogP contribution in [0.5, 0.6) is 0 Å². The van der Waals surface area contributed by atoms with Crippen LogP contribution in [0.25, 0.3) is 0 Å². The Hall–Kier alpha value is -3.28. The number of aryl methyl sites for hydroxylation is 3. The predicted octanol–water partition coefficient (Wildman–Crippen LogP) is 3.47. The molecular weight excluding hydrogens is 326 g/mol. The van der Waals surface area contributed by atoms with Crippen molar-refractivity contribution in [1.29, 1.82) is 0 Å². The van der Waals surface area contributed by atoms with E-state index >= 15 is 0 Å². The number of nitrogens with zero attached hydrogens (tertiary/aromatic N) is 3. The van der Waals surface area contributed by atoms with E-state index in [0.717, 1.165) is 16.9 Å². The molecule has 0 unspecified atom stereocenters. The van der Waals surface area contributed by atoms with E-state index in [1.807, 2.05) is 37.3 Å². The van der Waals surface area contributed by atoms with Crippen molar-refractivity contribution in [3.05, 3.63) is 76.9 Å². The van der Waals surface area contributed by atoms with E-state index in [1.54, 1.807) is 18.5 Å². The van der Waals surface area contributed by atoms with E-state index in [0.29, 0.717) is 18.2 Å². The van der Waals surface area contributed by atoms with Gasteiger partial charge in [-0.2, -0.15) is 0 Å². The molecule has 0 saturated carbocycles. The molecule has 0 aliphatic carbocycles. The van der Waals surface area contributed by atoms with Gasteiger partial charge in [-0.3, -0.25) is 9.78 Å². The summed E-state index contributed by atoms with van der Waals surface area (Å²) in [6.45, 7) is 6.38. The largest absolute Gasteiger partial charge is 0.347 e. The van der Waals surface area contributed by atoms with Gasteiger partial charge in [0.1, 0.15) is 5.69 Å². The number of rotatable bonds is 5. The third-order valence-electron chi connectivity index (χ3n) is 4.05. The highest BCUT2D eigenvalue weighted by molar-refractivity contribution is 5.92. The molecule has 0 aliphatic rings. The second-order valence-electron chi connectivity index (χ2n) is 6.18. The molecule has 1 aromatic carbocycles. The highest BCUT2D eigenvalue weighted by atomic mass is 16.1. The molecule has 3 aromatic rings. The highest BCUT2D eigenvalue weighted by Gasteiger charge is 2.11. The number of anilines is 2. The molecule has 26 heavy (non-hydrogen) atoms. The van der Waals surface area contributed by atoms with E-state index in [9.17, 15) is 4.79 Å². The number of carbonyl (C=O) groups is 1. The molecule has 0 saturated heterocycles. The Balaban J connectivity index is 1.74. The molecule has 3 rings (SSSR count). The van der Waals surface area contributed by atoms with Crippen molar-refractivity contribution in [3.8, 4) is 0 Å². The zero-order valence-corrected chi connectivity index (χ0v) is 15.1. The standard InChI is InChI=1S/C20H21N5O/c1-13-4-5-17(10-14(13)2)24-20-23-15(3)11-18(25-20)19(26)22-12-16-6-8-21-9-7-16/h4-11H,12H2,1-3H3,(H,22,26)(H,23,24,25). The van der Waals surface area contributed by atoms with Gasteiger partial charge in [-0.25, -0.2) is 9.97 Å². The maximum Gasteiger partial charge on any atom is 0.270 e. The molecule has 6 heteroatoms. The van der Waals surface area contributed by atoms with E-state index < -0.39 is 0 Å². The van der Waals surface area contributed by atoms with Crippen LogP contribution in [0.2, 0.25) is 0 Å². The second-order valence-corrected chi connectivity index (χ2v) is 6.18. The van der Waals surface area contributed by atoms with Crippen LogP contribution in [0.3, 0.4) is 0 Å². The molecule has 2 N–H and O–H groups in total. The van der Waals surface area contributed by atoms with E-state index in [1.165, 1.54) is 11.1 Å². The third-order valence-corrected chi connectivity index (χ3v) is 4.05. The lowest BCUT2D eigenvalue weighted by atomic mass is 10.1. The minimum atomic E-state index is -0.240. The van der Waals surface area contributed by atoms with Gasteiger partial charge in [0.15, 0.2) is 0 Å². The fourth-order valence-electron chi connectivity index (χ4n) is 2.46. The van der Waals surface area contributed by atoms with Crippen molar-refractivity contribution < 1.29 is 4.79 Å². The summed E-state index contributed by atoms with van der Waals surface area (Å²) >= 11 is 0. The summed E-state index contributed by atoms with van der Waals surface area (Å²) in [7, 11) is 0. The Morgan fingerprint density at radius 3 is 2.46 bits per heavy atom. The van der Waals surface area contributed by atoms with Crippen molar-refractivity contribution in [1.82, 2.24) is 20.3 Å². The SMILES string of the molecule is Cc1cc(C(=O)NCc2ccncc2)nc(Nc2ccc(C)c(C)c2)n1. The first kappa shape index (κ1) is 17.5. The summed E-state index contributed by atoms with van der Waals surface area (Å²) in [5.74, 6) is 0.165. The average Bonchev–Trinajstić information content (AvgIpc) is 2.63.